The minimum Gasteiger partial charge on any atom is -0.504 e. The molecule has 0 bridgehead atoms. The Hall–Kier alpha value is -2.10. The highest BCUT2D eigenvalue weighted by atomic mass is 127. The van der Waals surface area contributed by atoms with Gasteiger partial charge in [0.05, 0.1) is 16.9 Å². The number of benzene rings is 1. The Morgan fingerprint density at radius 2 is 2.29 bits per heavy atom. The van der Waals surface area contributed by atoms with E-state index < -0.39 is 5.91 Å². The Labute approximate surface area is 134 Å². The Bertz CT molecular complexity index is 673. The smallest absolute Gasteiger partial charge is 0.291 e. The summed E-state index contributed by atoms with van der Waals surface area (Å²) in [5, 5.41) is 20.1. The first-order valence-electron chi connectivity index (χ1n) is 5.93. The largest absolute Gasteiger partial charge is 0.504 e. The van der Waals surface area contributed by atoms with E-state index in [-0.39, 0.29) is 11.4 Å². The fourth-order valence-corrected chi connectivity index (χ4v) is 2.49. The lowest BCUT2D eigenvalue weighted by Crippen LogP contribution is -2.18. The van der Waals surface area contributed by atoms with Gasteiger partial charge in [0.25, 0.3) is 5.91 Å². The number of methoxy groups -OCH3 is 1. The van der Waals surface area contributed by atoms with Crippen LogP contribution in [0.4, 0.5) is 0 Å². The number of hydrazone groups is 1. The Balaban J connectivity index is 2.06. The molecule has 1 aromatic heterocycles. The van der Waals surface area contributed by atoms with Crippen LogP contribution < -0.4 is 10.2 Å². The van der Waals surface area contributed by atoms with E-state index in [2.05, 4.69) is 20.7 Å². The van der Waals surface area contributed by atoms with E-state index in [0.717, 1.165) is 9.26 Å². The van der Waals surface area contributed by atoms with Crippen LogP contribution in [0.3, 0.4) is 0 Å². The molecule has 0 radical (unpaired) electrons. The molecule has 0 fully saturated rings. The maximum atomic E-state index is 11.7. The second kappa shape index (κ2) is 6.57. The van der Waals surface area contributed by atoms with Crippen LogP contribution in [0.2, 0.25) is 0 Å². The number of H-pyrrole nitrogens is 1. The summed E-state index contributed by atoms with van der Waals surface area (Å²) in [7, 11) is 1.48. The van der Waals surface area contributed by atoms with Gasteiger partial charge in [-0.2, -0.15) is 10.2 Å². The third kappa shape index (κ3) is 3.72. The zero-order chi connectivity index (χ0) is 15.4. The lowest BCUT2D eigenvalue weighted by Gasteiger charge is -2.06. The van der Waals surface area contributed by atoms with Gasteiger partial charge in [-0.3, -0.25) is 9.89 Å². The van der Waals surface area contributed by atoms with Gasteiger partial charge in [0, 0.05) is 5.69 Å². The number of phenols is 1. The number of aryl methyl sites for hydroxylation is 1. The molecule has 0 atom stereocenters. The van der Waals surface area contributed by atoms with Crippen molar-refractivity contribution in [1.29, 1.82) is 0 Å². The summed E-state index contributed by atoms with van der Waals surface area (Å²) in [6.45, 7) is 1.80. The normalized spacial score (nSPS) is 10.8. The zero-order valence-electron chi connectivity index (χ0n) is 11.3. The number of nitrogens with one attached hydrogen (secondary N) is 2. The van der Waals surface area contributed by atoms with Crippen molar-refractivity contribution in [3.8, 4) is 11.5 Å². The average molecular weight is 400 g/mol. The minimum atomic E-state index is -0.414. The molecule has 0 aliphatic carbocycles. The van der Waals surface area contributed by atoms with Gasteiger partial charge >= 0.3 is 0 Å². The van der Waals surface area contributed by atoms with Crippen molar-refractivity contribution in [2.24, 2.45) is 5.10 Å². The molecule has 3 N–H and O–H groups in total. The number of hydrogen-bond donors (Lipinski definition) is 3. The topological polar surface area (TPSA) is 99.6 Å². The number of ether oxygens (including phenoxy) is 1. The molecule has 0 saturated heterocycles. The van der Waals surface area contributed by atoms with Crippen LogP contribution in [0.15, 0.2) is 23.3 Å². The van der Waals surface area contributed by atoms with Crippen molar-refractivity contribution in [3.63, 3.8) is 0 Å². The fraction of sp³-hybridized carbons (Fsp3) is 0.154. The predicted octanol–water partition coefficient (Wildman–Crippen LogP) is 1.80. The highest BCUT2D eigenvalue weighted by Crippen LogP contribution is 2.31. The predicted molar refractivity (Wildman–Crippen MR) is 85.8 cm³/mol. The van der Waals surface area contributed by atoms with E-state index in [0.29, 0.717) is 11.3 Å². The Morgan fingerprint density at radius 3 is 2.86 bits per heavy atom. The number of aromatic nitrogens is 2. The third-order valence-corrected chi connectivity index (χ3v) is 3.37. The van der Waals surface area contributed by atoms with Gasteiger partial charge in [-0.05, 0) is 53.3 Å². The number of rotatable bonds is 4. The SMILES string of the molecule is COc1c(O)cc(C=NNC(=O)c2cc(C)[nH]n2)cc1I. The molecule has 1 aromatic carbocycles. The highest BCUT2D eigenvalue weighted by Gasteiger charge is 2.09. The van der Waals surface area contributed by atoms with Crippen molar-refractivity contribution in [2.45, 2.75) is 6.92 Å². The summed E-state index contributed by atoms with van der Waals surface area (Å²) in [6, 6.07) is 4.88. The first-order chi connectivity index (χ1) is 10.0. The molecule has 21 heavy (non-hydrogen) atoms. The number of amides is 1. The van der Waals surface area contributed by atoms with Crippen molar-refractivity contribution < 1.29 is 14.6 Å². The molecule has 0 aliphatic heterocycles. The van der Waals surface area contributed by atoms with Gasteiger partial charge in [-0.25, -0.2) is 5.43 Å². The maximum absolute atomic E-state index is 11.7. The molecule has 0 unspecified atom stereocenters. The molecule has 1 heterocycles. The molecule has 7 nitrogen and oxygen atoms in total. The van der Waals surface area contributed by atoms with Crippen LogP contribution in [-0.2, 0) is 0 Å². The monoisotopic (exact) mass is 400 g/mol. The third-order valence-electron chi connectivity index (χ3n) is 2.57. The first kappa shape index (κ1) is 15.3. The molecule has 2 rings (SSSR count). The summed E-state index contributed by atoms with van der Waals surface area (Å²) in [4.78, 5) is 11.7. The molecule has 0 saturated carbocycles. The van der Waals surface area contributed by atoms with E-state index >= 15 is 0 Å². The number of carbonyl (C=O) groups excluding carboxylic acids is 1. The van der Waals surface area contributed by atoms with Crippen molar-refractivity contribution in [1.82, 2.24) is 15.6 Å². The molecular formula is C13H13IN4O3. The highest BCUT2D eigenvalue weighted by molar-refractivity contribution is 14.1. The van der Waals surface area contributed by atoms with Crippen LogP contribution in [0, 0.1) is 10.5 Å². The van der Waals surface area contributed by atoms with Gasteiger partial charge in [0.1, 0.15) is 0 Å². The number of carbonyl (C=O) groups is 1. The summed E-state index contributed by atoms with van der Waals surface area (Å²) < 4.78 is 5.79. The van der Waals surface area contributed by atoms with Gasteiger partial charge in [-0.1, -0.05) is 0 Å². The zero-order valence-corrected chi connectivity index (χ0v) is 13.5. The van der Waals surface area contributed by atoms with Gasteiger partial charge in [0.2, 0.25) is 0 Å². The lowest BCUT2D eigenvalue weighted by molar-refractivity contribution is 0.0950. The van der Waals surface area contributed by atoms with E-state index in [4.69, 9.17) is 4.74 Å². The molecule has 8 heteroatoms. The summed E-state index contributed by atoms with van der Waals surface area (Å²) in [6.07, 6.45) is 1.43. The van der Waals surface area contributed by atoms with E-state index in [9.17, 15) is 9.90 Å². The number of halogens is 1. The molecular weight excluding hydrogens is 387 g/mol. The van der Waals surface area contributed by atoms with E-state index in [1.807, 2.05) is 22.6 Å². The average Bonchev–Trinajstić information content (AvgIpc) is 2.85. The van der Waals surface area contributed by atoms with Crippen LogP contribution in [-0.4, -0.2) is 34.5 Å². The first-order valence-corrected chi connectivity index (χ1v) is 7.01. The summed E-state index contributed by atoms with van der Waals surface area (Å²) >= 11 is 2.04. The van der Waals surface area contributed by atoms with E-state index in [1.165, 1.54) is 19.4 Å². The number of aromatic amines is 1. The van der Waals surface area contributed by atoms with Crippen molar-refractivity contribution >= 4 is 34.7 Å². The minimum absolute atomic E-state index is 0.0140. The molecule has 2 aromatic rings. The Kier molecular flexibility index (Phi) is 4.78. The fourth-order valence-electron chi connectivity index (χ4n) is 1.63. The second-order valence-corrected chi connectivity index (χ2v) is 5.35. The number of phenolic OH excluding ortho intramolecular Hbond substituents is 1. The molecule has 110 valence electrons. The standard InChI is InChI=1S/C13H13IN4O3/c1-7-3-10(17-16-7)13(20)18-15-6-8-4-9(14)12(21-2)11(19)5-8/h3-6,19H,1-2H3,(H,16,17)(H,18,20). The van der Waals surface area contributed by atoms with Crippen molar-refractivity contribution in [2.75, 3.05) is 7.11 Å². The lowest BCUT2D eigenvalue weighted by atomic mass is 10.2. The second-order valence-electron chi connectivity index (χ2n) is 4.19. The van der Waals surface area contributed by atoms with Crippen LogP contribution in [0.25, 0.3) is 0 Å². The van der Waals surface area contributed by atoms with Crippen LogP contribution >= 0.6 is 22.6 Å². The number of nitrogens with zero attached hydrogens (tertiary/aromatic N) is 2. The van der Waals surface area contributed by atoms with Crippen LogP contribution in [0.5, 0.6) is 11.5 Å². The number of hydrogen-bond acceptors (Lipinski definition) is 5. The van der Waals surface area contributed by atoms with Crippen molar-refractivity contribution in [3.05, 3.63) is 38.7 Å². The number of aromatic hydroxyl groups is 1. The van der Waals surface area contributed by atoms with E-state index in [1.54, 1.807) is 19.1 Å². The van der Waals surface area contributed by atoms with Gasteiger partial charge < -0.3 is 9.84 Å². The maximum Gasteiger partial charge on any atom is 0.291 e. The van der Waals surface area contributed by atoms with Gasteiger partial charge in [0.15, 0.2) is 17.2 Å². The van der Waals surface area contributed by atoms with Crippen LogP contribution in [0.1, 0.15) is 21.7 Å². The summed E-state index contributed by atoms with van der Waals surface area (Å²) in [5.41, 5.74) is 4.05. The van der Waals surface area contributed by atoms with Gasteiger partial charge in [-0.15, -0.1) is 0 Å². The summed E-state index contributed by atoms with van der Waals surface area (Å²) in [5.74, 6) is 0.00640. The molecule has 0 aliphatic rings. The quantitative estimate of drug-likeness (QED) is 0.414. The molecule has 0 spiro atoms. The Morgan fingerprint density at radius 1 is 1.52 bits per heavy atom. The molecule has 1 amide bonds.